The van der Waals surface area contributed by atoms with Crippen molar-refractivity contribution in [2.45, 2.75) is 26.2 Å². The van der Waals surface area contributed by atoms with Crippen LogP contribution in [0.25, 0.3) is 6.08 Å². The summed E-state index contributed by atoms with van der Waals surface area (Å²) in [6, 6.07) is 5.98. The van der Waals surface area contributed by atoms with E-state index in [4.69, 9.17) is 4.74 Å². The molecule has 0 saturated carbocycles. The van der Waals surface area contributed by atoms with Crippen molar-refractivity contribution in [1.29, 1.82) is 0 Å². The van der Waals surface area contributed by atoms with E-state index >= 15 is 0 Å². The van der Waals surface area contributed by atoms with Crippen LogP contribution in [0.5, 0.6) is 0 Å². The van der Waals surface area contributed by atoms with Gasteiger partial charge in [0, 0.05) is 25.8 Å². The number of carbonyl (C=O) groups excluding carboxylic acids is 1. The van der Waals surface area contributed by atoms with Gasteiger partial charge in [-0.05, 0) is 36.6 Å². The molecule has 0 heterocycles. The van der Waals surface area contributed by atoms with E-state index in [1.165, 1.54) is 18.2 Å². The summed E-state index contributed by atoms with van der Waals surface area (Å²) in [5.41, 5.74) is 0.796. The number of rotatable bonds is 9. The maximum atomic E-state index is 12.7. The van der Waals surface area contributed by atoms with Gasteiger partial charge >= 0.3 is 0 Å². The van der Waals surface area contributed by atoms with Crippen molar-refractivity contribution in [2.75, 3.05) is 19.8 Å². The Balaban J connectivity index is 2.12. The molecular formula is C16H22FNO2. The predicted molar refractivity (Wildman–Crippen MR) is 78.8 cm³/mol. The number of carbonyl (C=O) groups is 1. The van der Waals surface area contributed by atoms with Crippen LogP contribution in [0.2, 0.25) is 0 Å². The molecule has 3 nitrogen and oxygen atoms in total. The molecule has 0 aliphatic heterocycles. The first kappa shape index (κ1) is 16.4. The molecule has 0 aliphatic carbocycles. The second-order valence-corrected chi connectivity index (χ2v) is 4.50. The molecular weight excluding hydrogens is 257 g/mol. The van der Waals surface area contributed by atoms with Gasteiger partial charge in [-0.25, -0.2) is 4.39 Å². The summed E-state index contributed by atoms with van der Waals surface area (Å²) in [5, 5.41) is 2.78. The highest BCUT2D eigenvalue weighted by molar-refractivity contribution is 5.91. The van der Waals surface area contributed by atoms with E-state index in [1.54, 1.807) is 18.2 Å². The second-order valence-electron chi connectivity index (χ2n) is 4.50. The minimum Gasteiger partial charge on any atom is -0.381 e. The maximum absolute atomic E-state index is 12.7. The van der Waals surface area contributed by atoms with E-state index in [1.807, 2.05) is 0 Å². The zero-order valence-corrected chi connectivity index (χ0v) is 11.9. The molecule has 1 rings (SSSR count). The normalized spacial score (nSPS) is 10.9. The fourth-order valence-corrected chi connectivity index (χ4v) is 1.54. The molecule has 0 fully saturated rings. The standard InChI is InChI=1S/C16H22FNO2/c1-2-3-12-20-13-4-11-18-16(19)10-7-14-5-8-15(17)9-6-14/h5-10H,2-4,11-13H2,1H3,(H,18,19). The Bertz CT molecular complexity index is 415. The van der Waals surface area contributed by atoms with Crippen LogP contribution in [-0.4, -0.2) is 25.7 Å². The van der Waals surface area contributed by atoms with Crippen LogP contribution in [0, 0.1) is 5.82 Å². The van der Waals surface area contributed by atoms with Gasteiger partial charge in [-0.2, -0.15) is 0 Å². The Hall–Kier alpha value is -1.68. The molecule has 0 atom stereocenters. The Morgan fingerprint density at radius 1 is 1.25 bits per heavy atom. The Kier molecular flexibility index (Phi) is 8.31. The van der Waals surface area contributed by atoms with Gasteiger partial charge in [0.05, 0.1) is 0 Å². The van der Waals surface area contributed by atoms with Gasteiger partial charge in [-0.1, -0.05) is 25.5 Å². The summed E-state index contributed by atoms with van der Waals surface area (Å²) >= 11 is 0. The molecule has 1 aromatic carbocycles. The van der Waals surface area contributed by atoms with Gasteiger partial charge in [0.25, 0.3) is 0 Å². The number of unbranched alkanes of at least 4 members (excludes halogenated alkanes) is 1. The molecule has 1 aromatic rings. The van der Waals surface area contributed by atoms with E-state index in [2.05, 4.69) is 12.2 Å². The van der Waals surface area contributed by atoms with E-state index in [0.29, 0.717) is 13.2 Å². The molecule has 0 aromatic heterocycles. The monoisotopic (exact) mass is 279 g/mol. The third-order valence-corrected chi connectivity index (χ3v) is 2.70. The van der Waals surface area contributed by atoms with Crippen LogP contribution >= 0.6 is 0 Å². The lowest BCUT2D eigenvalue weighted by Crippen LogP contribution is -2.23. The third-order valence-electron chi connectivity index (χ3n) is 2.70. The third kappa shape index (κ3) is 7.69. The van der Waals surface area contributed by atoms with Crippen LogP contribution < -0.4 is 5.32 Å². The van der Waals surface area contributed by atoms with Crippen molar-refractivity contribution in [3.63, 3.8) is 0 Å². The largest absolute Gasteiger partial charge is 0.381 e. The average Bonchev–Trinajstić information content (AvgIpc) is 2.46. The highest BCUT2D eigenvalue weighted by Crippen LogP contribution is 2.04. The summed E-state index contributed by atoms with van der Waals surface area (Å²) in [6.45, 7) is 4.17. The number of benzene rings is 1. The van der Waals surface area contributed by atoms with Crippen molar-refractivity contribution >= 4 is 12.0 Å². The minimum atomic E-state index is -0.283. The Morgan fingerprint density at radius 2 is 1.95 bits per heavy atom. The zero-order chi connectivity index (χ0) is 14.6. The van der Waals surface area contributed by atoms with Crippen molar-refractivity contribution in [1.82, 2.24) is 5.32 Å². The SMILES string of the molecule is CCCCOCCCNC(=O)C=Cc1ccc(F)cc1. The molecule has 0 radical (unpaired) electrons. The Labute approximate surface area is 119 Å². The molecule has 4 heteroatoms. The lowest BCUT2D eigenvalue weighted by Gasteiger charge is -2.04. The molecule has 0 bridgehead atoms. The van der Waals surface area contributed by atoms with Gasteiger partial charge in [0.1, 0.15) is 5.82 Å². The number of halogens is 1. The first-order valence-electron chi connectivity index (χ1n) is 7.01. The molecule has 1 amide bonds. The van der Waals surface area contributed by atoms with Crippen molar-refractivity contribution < 1.29 is 13.9 Å². The summed E-state index contributed by atoms with van der Waals surface area (Å²) < 4.78 is 18.1. The van der Waals surface area contributed by atoms with Crippen LogP contribution in [0.3, 0.4) is 0 Å². The van der Waals surface area contributed by atoms with Gasteiger partial charge in [-0.3, -0.25) is 4.79 Å². The first-order chi connectivity index (χ1) is 9.72. The highest BCUT2D eigenvalue weighted by Gasteiger charge is 1.95. The summed E-state index contributed by atoms with van der Waals surface area (Å²) in [6.07, 6.45) is 6.12. The topological polar surface area (TPSA) is 38.3 Å². The molecule has 1 N–H and O–H groups in total. The summed E-state index contributed by atoms with van der Waals surface area (Å²) in [5.74, 6) is -0.433. The van der Waals surface area contributed by atoms with Crippen molar-refractivity contribution in [2.24, 2.45) is 0 Å². The van der Waals surface area contributed by atoms with Crippen LogP contribution in [0.4, 0.5) is 4.39 Å². The van der Waals surface area contributed by atoms with E-state index in [9.17, 15) is 9.18 Å². The lowest BCUT2D eigenvalue weighted by atomic mass is 10.2. The molecule has 110 valence electrons. The van der Waals surface area contributed by atoms with Gasteiger partial charge < -0.3 is 10.1 Å². The average molecular weight is 279 g/mol. The predicted octanol–water partition coefficient (Wildman–Crippen LogP) is 3.16. The molecule has 0 aliphatic rings. The number of ether oxygens (including phenoxy) is 1. The molecule has 0 unspecified atom stereocenters. The second kappa shape index (κ2) is 10.1. The minimum absolute atomic E-state index is 0.150. The smallest absolute Gasteiger partial charge is 0.244 e. The summed E-state index contributed by atoms with van der Waals surface area (Å²) in [7, 11) is 0. The van der Waals surface area contributed by atoms with E-state index in [0.717, 1.165) is 31.4 Å². The van der Waals surface area contributed by atoms with Crippen LogP contribution in [0.1, 0.15) is 31.7 Å². The number of hydrogen-bond donors (Lipinski definition) is 1. The van der Waals surface area contributed by atoms with Gasteiger partial charge in [0.15, 0.2) is 0 Å². The van der Waals surface area contributed by atoms with Gasteiger partial charge in [-0.15, -0.1) is 0 Å². The van der Waals surface area contributed by atoms with E-state index in [-0.39, 0.29) is 11.7 Å². The molecule has 20 heavy (non-hydrogen) atoms. The lowest BCUT2D eigenvalue weighted by molar-refractivity contribution is -0.116. The van der Waals surface area contributed by atoms with Gasteiger partial charge in [0.2, 0.25) is 5.91 Å². The number of nitrogens with one attached hydrogen (secondary N) is 1. The van der Waals surface area contributed by atoms with Crippen molar-refractivity contribution in [3.8, 4) is 0 Å². The fraction of sp³-hybridized carbons (Fsp3) is 0.438. The number of hydrogen-bond acceptors (Lipinski definition) is 2. The maximum Gasteiger partial charge on any atom is 0.244 e. The molecule has 0 spiro atoms. The fourth-order valence-electron chi connectivity index (χ4n) is 1.54. The number of amides is 1. The first-order valence-corrected chi connectivity index (χ1v) is 7.01. The summed E-state index contributed by atoms with van der Waals surface area (Å²) in [4.78, 5) is 11.5. The van der Waals surface area contributed by atoms with E-state index < -0.39 is 0 Å². The quantitative estimate of drug-likeness (QED) is 0.557. The van der Waals surface area contributed by atoms with Crippen LogP contribution in [0.15, 0.2) is 30.3 Å². The van der Waals surface area contributed by atoms with Crippen LogP contribution in [-0.2, 0) is 9.53 Å². The van der Waals surface area contributed by atoms with Crippen molar-refractivity contribution in [3.05, 3.63) is 41.7 Å². The Morgan fingerprint density at radius 3 is 2.65 bits per heavy atom. The molecule has 0 saturated heterocycles. The zero-order valence-electron chi connectivity index (χ0n) is 11.9. The highest BCUT2D eigenvalue weighted by atomic mass is 19.1.